The van der Waals surface area contributed by atoms with Gasteiger partial charge in [0.25, 0.3) is 0 Å². The third-order valence-corrected chi connectivity index (χ3v) is 2.10. The summed E-state index contributed by atoms with van der Waals surface area (Å²) in [6.07, 6.45) is 0. The van der Waals surface area contributed by atoms with Crippen LogP contribution < -0.4 is 4.74 Å². The minimum atomic E-state index is -0.991. The SMILES string of the molecule is O=C(O)c1ccc(OCCF)s1. The maximum atomic E-state index is 11.6. The summed E-state index contributed by atoms with van der Waals surface area (Å²) in [5.41, 5.74) is 0. The first-order valence-electron chi connectivity index (χ1n) is 3.26. The maximum absolute atomic E-state index is 11.6. The van der Waals surface area contributed by atoms with Crippen LogP contribution in [0.4, 0.5) is 4.39 Å². The van der Waals surface area contributed by atoms with Crippen molar-refractivity contribution < 1.29 is 19.0 Å². The van der Waals surface area contributed by atoms with Crippen LogP contribution in [0.1, 0.15) is 9.67 Å². The second-order valence-electron chi connectivity index (χ2n) is 1.96. The first-order valence-corrected chi connectivity index (χ1v) is 4.07. The van der Waals surface area contributed by atoms with Gasteiger partial charge in [-0.25, -0.2) is 9.18 Å². The van der Waals surface area contributed by atoms with Crippen molar-refractivity contribution in [2.24, 2.45) is 0 Å². The topological polar surface area (TPSA) is 46.5 Å². The number of aromatic carboxylic acids is 1. The number of halogens is 1. The van der Waals surface area contributed by atoms with Gasteiger partial charge >= 0.3 is 5.97 Å². The predicted octanol–water partition coefficient (Wildman–Crippen LogP) is 1.79. The fraction of sp³-hybridized carbons (Fsp3) is 0.286. The predicted molar refractivity (Wildman–Crippen MR) is 42.7 cm³/mol. The Morgan fingerprint density at radius 2 is 2.42 bits per heavy atom. The third kappa shape index (κ3) is 2.20. The van der Waals surface area contributed by atoms with E-state index < -0.39 is 12.6 Å². The van der Waals surface area contributed by atoms with Gasteiger partial charge in [0, 0.05) is 0 Å². The lowest BCUT2D eigenvalue weighted by Gasteiger charge is -1.96. The van der Waals surface area contributed by atoms with E-state index in [1.54, 1.807) is 0 Å². The van der Waals surface area contributed by atoms with Crippen molar-refractivity contribution >= 4 is 17.3 Å². The zero-order valence-electron chi connectivity index (χ0n) is 6.12. The zero-order chi connectivity index (χ0) is 8.97. The average molecular weight is 190 g/mol. The van der Waals surface area contributed by atoms with E-state index in [-0.39, 0.29) is 11.5 Å². The van der Waals surface area contributed by atoms with Crippen LogP contribution in [0.15, 0.2) is 12.1 Å². The fourth-order valence-corrected chi connectivity index (χ4v) is 1.37. The zero-order valence-corrected chi connectivity index (χ0v) is 6.94. The quantitative estimate of drug-likeness (QED) is 0.787. The summed E-state index contributed by atoms with van der Waals surface area (Å²) >= 11 is 0.992. The number of rotatable bonds is 4. The second-order valence-corrected chi connectivity index (χ2v) is 3.01. The van der Waals surface area contributed by atoms with Gasteiger partial charge < -0.3 is 9.84 Å². The highest BCUT2D eigenvalue weighted by Crippen LogP contribution is 2.23. The Labute approximate surface area is 72.4 Å². The summed E-state index contributed by atoms with van der Waals surface area (Å²) in [6.45, 7) is -0.597. The highest BCUT2D eigenvalue weighted by Gasteiger charge is 2.06. The monoisotopic (exact) mass is 190 g/mol. The number of ether oxygens (including phenoxy) is 1. The number of carbonyl (C=O) groups is 1. The molecule has 0 aliphatic heterocycles. The molecule has 0 atom stereocenters. The summed E-state index contributed by atoms with van der Waals surface area (Å²) < 4.78 is 16.5. The van der Waals surface area contributed by atoms with Crippen LogP contribution >= 0.6 is 11.3 Å². The van der Waals surface area contributed by atoms with Gasteiger partial charge in [0.15, 0.2) is 5.06 Å². The third-order valence-electron chi connectivity index (χ3n) is 1.11. The molecule has 1 heterocycles. The Morgan fingerprint density at radius 3 is 2.92 bits per heavy atom. The fourth-order valence-electron chi connectivity index (χ4n) is 0.652. The Kier molecular flexibility index (Phi) is 3.04. The maximum Gasteiger partial charge on any atom is 0.345 e. The molecule has 0 bridgehead atoms. The van der Waals surface area contributed by atoms with Gasteiger partial charge in [-0.05, 0) is 12.1 Å². The molecule has 0 fully saturated rings. The molecule has 0 unspecified atom stereocenters. The summed E-state index contributed by atoms with van der Waals surface area (Å²) in [5.74, 6) is -0.991. The molecule has 0 saturated heterocycles. The number of alkyl halides is 1. The molecule has 0 aromatic carbocycles. The molecule has 1 aromatic rings. The van der Waals surface area contributed by atoms with Gasteiger partial charge in [-0.15, -0.1) is 0 Å². The number of hydrogen-bond donors (Lipinski definition) is 1. The van der Waals surface area contributed by atoms with E-state index in [1.807, 2.05) is 0 Å². The first-order chi connectivity index (χ1) is 5.74. The normalized spacial score (nSPS) is 9.75. The van der Waals surface area contributed by atoms with Crippen molar-refractivity contribution in [2.45, 2.75) is 0 Å². The lowest BCUT2D eigenvalue weighted by Crippen LogP contribution is -1.96. The molecule has 66 valence electrons. The number of thiophene rings is 1. The van der Waals surface area contributed by atoms with Crippen LogP contribution in [0.5, 0.6) is 5.06 Å². The van der Waals surface area contributed by atoms with Gasteiger partial charge in [-0.1, -0.05) is 11.3 Å². The molecule has 0 saturated carbocycles. The molecular formula is C7H7FO3S. The summed E-state index contributed by atoms with van der Waals surface area (Å²) in [5, 5.41) is 8.94. The Hall–Kier alpha value is -1.10. The Bertz CT molecular complexity index is 271. The van der Waals surface area contributed by atoms with E-state index in [0.717, 1.165) is 11.3 Å². The van der Waals surface area contributed by atoms with Gasteiger partial charge in [0.05, 0.1) is 0 Å². The largest absolute Gasteiger partial charge is 0.481 e. The average Bonchev–Trinajstić information content (AvgIpc) is 2.48. The highest BCUT2D eigenvalue weighted by molar-refractivity contribution is 7.15. The van der Waals surface area contributed by atoms with Crippen LogP contribution in [-0.4, -0.2) is 24.4 Å². The van der Waals surface area contributed by atoms with Gasteiger partial charge in [0.2, 0.25) is 0 Å². The first kappa shape index (κ1) is 8.99. The van der Waals surface area contributed by atoms with Gasteiger partial charge in [0.1, 0.15) is 18.2 Å². The van der Waals surface area contributed by atoms with Crippen LogP contribution in [0.2, 0.25) is 0 Å². The number of carboxylic acid groups (broad SMARTS) is 1. The molecule has 3 nitrogen and oxygen atoms in total. The van der Waals surface area contributed by atoms with E-state index in [0.29, 0.717) is 5.06 Å². The standard InChI is InChI=1S/C7H7FO3S/c8-3-4-11-6-2-1-5(12-6)7(9)10/h1-2H,3-4H2,(H,9,10). The molecule has 0 aliphatic rings. The van der Waals surface area contributed by atoms with Crippen molar-refractivity contribution in [1.29, 1.82) is 0 Å². The molecular weight excluding hydrogens is 183 g/mol. The minimum absolute atomic E-state index is 0.0282. The van der Waals surface area contributed by atoms with Crippen LogP contribution in [0.25, 0.3) is 0 Å². The second kappa shape index (κ2) is 4.06. The van der Waals surface area contributed by atoms with Crippen molar-refractivity contribution in [3.05, 3.63) is 17.0 Å². The van der Waals surface area contributed by atoms with Gasteiger partial charge in [-0.2, -0.15) is 0 Å². The number of carboxylic acids is 1. The van der Waals surface area contributed by atoms with E-state index in [1.165, 1.54) is 12.1 Å². The van der Waals surface area contributed by atoms with Gasteiger partial charge in [-0.3, -0.25) is 0 Å². The molecule has 0 aliphatic carbocycles. The molecule has 0 spiro atoms. The van der Waals surface area contributed by atoms with Crippen LogP contribution in [-0.2, 0) is 0 Å². The minimum Gasteiger partial charge on any atom is -0.481 e. The Morgan fingerprint density at radius 1 is 1.67 bits per heavy atom. The lowest BCUT2D eigenvalue weighted by molar-refractivity contribution is 0.0702. The lowest BCUT2D eigenvalue weighted by atomic mass is 10.5. The summed E-state index contributed by atoms with van der Waals surface area (Å²) in [4.78, 5) is 10.6. The molecule has 5 heteroatoms. The number of hydrogen-bond acceptors (Lipinski definition) is 3. The molecule has 0 amide bonds. The summed E-state index contributed by atoms with van der Waals surface area (Å²) in [6, 6.07) is 2.95. The van der Waals surface area contributed by atoms with Crippen molar-refractivity contribution in [1.82, 2.24) is 0 Å². The molecule has 0 radical (unpaired) electrons. The van der Waals surface area contributed by atoms with Crippen molar-refractivity contribution in [3.63, 3.8) is 0 Å². The summed E-state index contributed by atoms with van der Waals surface area (Å²) in [7, 11) is 0. The molecule has 12 heavy (non-hydrogen) atoms. The molecule has 1 N–H and O–H groups in total. The highest BCUT2D eigenvalue weighted by atomic mass is 32.1. The van der Waals surface area contributed by atoms with Crippen molar-refractivity contribution in [2.75, 3.05) is 13.3 Å². The smallest absolute Gasteiger partial charge is 0.345 e. The van der Waals surface area contributed by atoms with E-state index in [2.05, 4.69) is 0 Å². The van der Waals surface area contributed by atoms with E-state index in [9.17, 15) is 9.18 Å². The Balaban J connectivity index is 2.58. The van der Waals surface area contributed by atoms with Crippen LogP contribution in [0.3, 0.4) is 0 Å². The van der Waals surface area contributed by atoms with Crippen LogP contribution in [0, 0.1) is 0 Å². The van der Waals surface area contributed by atoms with E-state index in [4.69, 9.17) is 9.84 Å². The van der Waals surface area contributed by atoms with Crippen molar-refractivity contribution in [3.8, 4) is 5.06 Å². The molecule has 1 rings (SSSR count). The molecule has 1 aromatic heterocycles. The van der Waals surface area contributed by atoms with E-state index >= 15 is 0 Å².